The number of anilines is 1. The third-order valence-corrected chi connectivity index (χ3v) is 3.56. The summed E-state index contributed by atoms with van der Waals surface area (Å²) in [7, 11) is 0. The molecular weight excluding hydrogens is 425 g/mol. The van der Waals surface area contributed by atoms with Crippen LogP contribution in [0.4, 0.5) is 5.69 Å². The van der Waals surface area contributed by atoms with E-state index < -0.39 is 0 Å². The smallest absolute Gasteiger partial charge is 0.193 e. The van der Waals surface area contributed by atoms with Crippen LogP contribution in [0.25, 0.3) is 0 Å². The molecule has 0 aliphatic heterocycles. The highest BCUT2D eigenvalue weighted by Crippen LogP contribution is 2.29. The van der Waals surface area contributed by atoms with E-state index in [0.29, 0.717) is 19.2 Å². The highest BCUT2D eigenvalue weighted by Gasteiger charge is 2.07. The summed E-state index contributed by atoms with van der Waals surface area (Å²) in [5.41, 5.74) is 6.72. The van der Waals surface area contributed by atoms with E-state index in [2.05, 4.69) is 16.6 Å². The van der Waals surface area contributed by atoms with Gasteiger partial charge in [-0.2, -0.15) is 11.8 Å². The van der Waals surface area contributed by atoms with Gasteiger partial charge in [0, 0.05) is 12.6 Å². The number of thioether (sulfide) groups is 1. The van der Waals surface area contributed by atoms with Crippen LogP contribution in [0.1, 0.15) is 26.7 Å². The number of nitrogens with one attached hydrogen (secondary N) is 1. The fourth-order valence-electron chi connectivity index (χ4n) is 1.88. The molecule has 0 saturated carbocycles. The molecular formula is C16H28IN3O2S. The zero-order chi connectivity index (χ0) is 16.2. The molecule has 0 saturated heterocycles. The second-order valence-corrected chi connectivity index (χ2v) is 5.60. The lowest BCUT2D eigenvalue weighted by Gasteiger charge is -2.14. The molecule has 0 bridgehead atoms. The minimum Gasteiger partial charge on any atom is -0.494 e. The summed E-state index contributed by atoms with van der Waals surface area (Å²) in [5.74, 6) is 3.08. The number of unbranched alkanes of at least 4 members (excludes halogenated alkanes) is 1. The van der Waals surface area contributed by atoms with E-state index in [4.69, 9.17) is 15.2 Å². The van der Waals surface area contributed by atoms with E-state index in [9.17, 15) is 0 Å². The molecule has 1 aromatic rings. The molecule has 23 heavy (non-hydrogen) atoms. The molecule has 132 valence electrons. The number of hydrogen-bond acceptors (Lipinski definition) is 4. The van der Waals surface area contributed by atoms with Crippen molar-refractivity contribution in [1.29, 1.82) is 0 Å². The first-order chi connectivity index (χ1) is 10.7. The summed E-state index contributed by atoms with van der Waals surface area (Å²) in [6.07, 6.45) is 4.31. The maximum absolute atomic E-state index is 5.95. The molecule has 1 aromatic carbocycles. The average molecular weight is 453 g/mol. The Kier molecular flexibility index (Phi) is 13.1. The van der Waals surface area contributed by atoms with Gasteiger partial charge in [-0.25, -0.2) is 0 Å². The van der Waals surface area contributed by atoms with Crippen molar-refractivity contribution >= 4 is 47.4 Å². The molecule has 0 amide bonds. The van der Waals surface area contributed by atoms with Crippen LogP contribution >= 0.6 is 35.7 Å². The van der Waals surface area contributed by atoms with Gasteiger partial charge in [0.15, 0.2) is 5.96 Å². The van der Waals surface area contributed by atoms with Crippen LogP contribution in [0.3, 0.4) is 0 Å². The van der Waals surface area contributed by atoms with Gasteiger partial charge in [-0.05, 0) is 50.8 Å². The Morgan fingerprint density at radius 3 is 2.61 bits per heavy atom. The van der Waals surface area contributed by atoms with Crippen molar-refractivity contribution in [3.05, 3.63) is 18.2 Å². The number of rotatable bonds is 10. The first kappa shape index (κ1) is 22.2. The molecule has 0 spiro atoms. The number of aliphatic imine (C=N–C) groups is 1. The van der Waals surface area contributed by atoms with Crippen LogP contribution in [0.2, 0.25) is 0 Å². The Balaban J connectivity index is 0.00000484. The van der Waals surface area contributed by atoms with Crippen LogP contribution in [0, 0.1) is 0 Å². The molecule has 0 heterocycles. The molecule has 0 atom stereocenters. The first-order valence-electron chi connectivity index (χ1n) is 7.66. The predicted molar refractivity (Wildman–Crippen MR) is 112 cm³/mol. The van der Waals surface area contributed by atoms with Crippen LogP contribution < -0.4 is 20.5 Å². The number of halogens is 1. The summed E-state index contributed by atoms with van der Waals surface area (Å²) in [5, 5.41) is 3.10. The number of benzene rings is 1. The van der Waals surface area contributed by atoms with Crippen LogP contribution in [0.15, 0.2) is 23.2 Å². The molecule has 7 heteroatoms. The Hall–Kier alpha value is -0.830. The Morgan fingerprint density at radius 2 is 1.96 bits per heavy atom. The largest absolute Gasteiger partial charge is 0.494 e. The number of hydrogen-bond donors (Lipinski definition) is 2. The fourth-order valence-corrected chi connectivity index (χ4v) is 2.37. The van der Waals surface area contributed by atoms with Gasteiger partial charge in [0.2, 0.25) is 0 Å². The van der Waals surface area contributed by atoms with E-state index in [1.807, 2.05) is 43.8 Å². The van der Waals surface area contributed by atoms with Crippen LogP contribution in [0.5, 0.6) is 11.5 Å². The molecule has 0 unspecified atom stereocenters. The molecule has 0 aliphatic carbocycles. The van der Waals surface area contributed by atoms with Crippen molar-refractivity contribution in [2.45, 2.75) is 26.7 Å². The van der Waals surface area contributed by atoms with Crippen LogP contribution in [-0.2, 0) is 0 Å². The Labute approximate surface area is 160 Å². The van der Waals surface area contributed by atoms with Crippen molar-refractivity contribution in [3.8, 4) is 11.5 Å². The van der Waals surface area contributed by atoms with E-state index in [-0.39, 0.29) is 24.0 Å². The highest BCUT2D eigenvalue weighted by atomic mass is 127. The van der Waals surface area contributed by atoms with E-state index >= 15 is 0 Å². The summed E-state index contributed by atoms with van der Waals surface area (Å²) in [6, 6.07) is 5.64. The Morgan fingerprint density at radius 1 is 1.22 bits per heavy atom. The fraction of sp³-hybridized carbons (Fsp3) is 0.562. The van der Waals surface area contributed by atoms with Gasteiger partial charge in [-0.15, -0.1) is 24.0 Å². The van der Waals surface area contributed by atoms with Gasteiger partial charge >= 0.3 is 0 Å². The van der Waals surface area contributed by atoms with Gasteiger partial charge in [0.1, 0.15) is 11.5 Å². The maximum atomic E-state index is 5.95. The third-order valence-electron chi connectivity index (χ3n) is 2.86. The van der Waals surface area contributed by atoms with Gasteiger partial charge in [-0.1, -0.05) is 0 Å². The average Bonchev–Trinajstić information content (AvgIpc) is 2.50. The third kappa shape index (κ3) is 9.14. The molecule has 0 fully saturated rings. The maximum Gasteiger partial charge on any atom is 0.193 e. The lowest BCUT2D eigenvalue weighted by atomic mass is 10.2. The van der Waals surface area contributed by atoms with Crippen molar-refractivity contribution in [3.63, 3.8) is 0 Å². The monoisotopic (exact) mass is 453 g/mol. The standard InChI is InChI=1S/C16H27N3O2S.HI/c1-4-20-13-8-9-15(21-5-2)14(12-13)19-16(17)18-10-6-7-11-22-3;/h8-9,12H,4-7,10-11H2,1-3H3,(H3,17,18,19);1H. The van der Waals surface area contributed by atoms with Crippen molar-refractivity contribution in [2.75, 3.05) is 37.1 Å². The molecule has 3 N–H and O–H groups in total. The minimum atomic E-state index is 0. The highest BCUT2D eigenvalue weighted by molar-refractivity contribution is 14.0. The quantitative estimate of drug-likeness (QED) is 0.243. The summed E-state index contributed by atoms with van der Waals surface area (Å²) < 4.78 is 11.1. The van der Waals surface area contributed by atoms with Crippen molar-refractivity contribution < 1.29 is 9.47 Å². The van der Waals surface area contributed by atoms with Gasteiger partial charge in [-0.3, -0.25) is 4.99 Å². The molecule has 0 radical (unpaired) electrons. The lowest BCUT2D eigenvalue weighted by molar-refractivity contribution is 0.332. The second kappa shape index (κ2) is 13.6. The number of ether oxygens (including phenoxy) is 2. The zero-order valence-electron chi connectivity index (χ0n) is 14.1. The van der Waals surface area contributed by atoms with E-state index in [0.717, 1.165) is 42.3 Å². The Bertz CT molecular complexity index is 473. The molecule has 1 rings (SSSR count). The topological polar surface area (TPSA) is 68.9 Å². The van der Waals surface area contributed by atoms with Crippen LogP contribution in [-0.4, -0.2) is 37.7 Å². The normalized spacial score (nSPS) is 10.8. The zero-order valence-corrected chi connectivity index (χ0v) is 17.3. The van der Waals surface area contributed by atoms with Crippen molar-refractivity contribution in [1.82, 2.24) is 0 Å². The first-order valence-corrected chi connectivity index (χ1v) is 9.06. The summed E-state index contributed by atoms with van der Waals surface area (Å²) in [4.78, 5) is 4.35. The number of nitrogens with two attached hydrogens (primary N) is 1. The molecule has 5 nitrogen and oxygen atoms in total. The molecule has 0 aliphatic rings. The molecule has 0 aromatic heterocycles. The van der Waals surface area contributed by atoms with E-state index in [1.165, 1.54) is 0 Å². The van der Waals surface area contributed by atoms with E-state index in [1.54, 1.807) is 0 Å². The van der Waals surface area contributed by atoms with Gasteiger partial charge < -0.3 is 20.5 Å². The van der Waals surface area contributed by atoms with Crippen molar-refractivity contribution in [2.24, 2.45) is 10.7 Å². The minimum absolute atomic E-state index is 0. The number of guanidine groups is 1. The van der Waals surface area contributed by atoms with Gasteiger partial charge in [0.05, 0.1) is 18.9 Å². The SMILES string of the molecule is CCOc1ccc(OCC)c(NC(N)=NCCCCSC)c1.I. The predicted octanol–water partition coefficient (Wildman–Crippen LogP) is 3.97. The summed E-state index contributed by atoms with van der Waals surface area (Å²) >= 11 is 1.85. The second-order valence-electron chi connectivity index (χ2n) is 4.62. The van der Waals surface area contributed by atoms with Gasteiger partial charge in [0.25, 0.3) is 0 Å². The summed E-state index contributed by atoms with van der Waals surface area (Å²) in [6.45, 7) is 5.84. The number of nitrogens with zero attached hydrogens (tertiary/aromatic N) is 1. The lowest BCUT2D eigenvalue weighted by Crippen LogP contribution is -2.23.